The Hall–Kier alpha value is -1.46. The maximum atomic E-state index is 9.27. The molecule has 0 amide bonds. The first-order valence-electron chi connectivity index (χ1n) is 5.38. The fourth-order valence-corrected chi connectivity index (χ4v) is 1.57. The second kappa shape index (κ2) is 5.25. The number of rotatable bonds is 6. The van der Waals surface area contributed by atoms with E-state index in [0.717, 1.165) is 6.61 Å². The summed E-state index contributed by atoms with van der Waals surface area (Å²) < 4.78 is 21.0. The Morgan fingerprint density at radius 1 is 1.35 bits per heavy atom. The van der Waals surface area contributed by atoms with E-state index >= 15 is 0 Å². The van der Waals surface area contributed by atoms with E-state index in [1.807, 2.05) is 0 Å². The van der Waals surface area contributed by atoms with Gasteiger partial charge in [0.2, 0.25) is 0 Å². The van der Waals surface area contributed by atoms with Gasteiger partial charge in [-0.3, -0.25) is 0 Å². The Morgan fingerprint density at radius 3 is 2.65 bits per heavy atom. The summed E-state index contributed by atoms with van der Waals surface area (Å²) in [5, 5.41) is 9.27. The van der Waals surface area contributed by atoms with E-state index in [-0.39, 0.29) is 12.7 Å². The SMILES string of the molecule is COc1cc(OCC2CO2)cc(CO)c1OC. The van der Waals surface area contributed by atoms with Crippen LogP contribution in [0.1, 0.15) is 5.56 Å². The smallest absolute Gasteiger partial charge is 0.166 e. The van der Waals surface area contributed by atoms with Gasteiger partial charge in [0.1, 0.15) is 18.5 Å². The predicted molar refractivity (Wildman–Crippen MR) is 60.7 cm³/mol. The van der Waals surface area contributed by atoms with Crippen LogP contribution in [0.25, 0.3) is 0 Å². The molecule has 1 aromatic rings. The molecular weight excluding hydrogens is 224 g/mol. The molecule has 0 spiro atoms. The van der Waals surface area contributed by atoms with Crippen LogP contribution in [0.4, 0.5) is 0 Å². The lowest BCUT2D eigenvalue weighted by atomic mass is 10.2. The molecule has 1 saturated heterocycles. The summed E-state index contributed by atoms with van der Waals surface area (Å²) in [6.07, 6.45) is 0.195. The van der Waals surface area contributed by atoms with Crippen molar-refractivity contribution in [2.24, 2.45) is 0 Å². The molecule has 1 unspecified atom stereocenters. The lowest BCUT2D eigenvalue weighted by Gasteiger charge is -2.14. The van der Waals surface area contributed by atoms with E-state index in [9.17, 15) is 5.11 Å². The van der Waals surface area contributed by atoms with Gasteiger partial charge >= 0.3 is 0 Å². The molecule has 1 heterocycles. The Bertz CT molecular complexity index is 361. The third-order valence-corrected chi connectivity index (χ3v) is 2.54. The maximum Gasteiger partial charge on any atom is 0.166 e. The summed E-state index contributed by atoms with van der Waals surface area (Å²) >= 11 is 0. The number of aliphatic hydroxyl groups excluding tert-OH is 1. The van der Waals surface area contributed by atoms with Crippen molar-refractivity contribution in [3.8, 4) is 17.2 Å². The summed E-state index contributed by atoms with van der Waals surface area (Å²) in [4.78, 5) is 0. The van der Waals surface area contributed by atoms with E-state index < -0.39 is 0 Å². The number of benzene rings is 1. The summed E-state index contributed by atoms with van der Waals surface area (Å²) in [7, 11) is 3.09. The number of hydrogen-bond acceptors (Lipinski definition) is 5. The highest BCUT2D eigenvalue weighted by molar-refractivity contribution is 5.51. The normalized spacial score (nSPS) is 17.7. The van der Waals surface area contributed by atoms with E-state index in [4.69, 9.17) is 18.9 Å². The molecule has 0 bridgehead atoms. The van der Waals surface area contributed by atoms with Crippen LogP contribution in [0.3, 0.4) is 0 Å². The fraction of sp³-hybridized carbons (Fsp3) is 0.500. The van der Waals surface area contributed by atoms with E-state index in [1.165, 1.54) is 7.11 Å². The quantitative estimate of drug-likeness (QED) is 0.751. The summed E-state index contributed by atoms with van der Waals surface area (Å²) in [5.74, 6) is 1.72. The molecule has 0 aromatic heterocycles. The Morgan fingerprint density at radius 2 is 2.12 bits per heavy atom. The molecule has 2 rings (SSSR count). The van der Waals surface area contributed by atoms with Crippen molar-refractivity contribution in [3.05, 3.63) is 17.7 Å². The number of aliphatic hydroxyl groups is 1. The molecule has 17 heavy (non-hydrogen) atoms. The zero-order chi connectivity index (χ0) is 12.3. The highest BCUT2D eigenvalue weighted by atomic mass is 16.6. The minimum Gasteiger partial charge on any atom is -0.493 e. The molecule has 0 aliphatic carbocycles. The van der Waals surface area contributed by atoms with Crippen molar-refractivity contribution in [2.75, 3.05) is 27.4 Å². The van der Waals surface area contributed by atoms with Gasteiger partial charge in [0.25, 0.3) is 0 Å². The molecule has 1 atom stereocenters. The van der Waals surface area contributed by atoms with Crippen molar-refractivity contribution in [2.45, 2.75) is 12.7 Å². The van der Waals surface area contributed by atoms with Gasteiger partial charge in [-0.05, 0) is 6.07 Å². The maximum absolute atomic E-state index is 9.27. The fourth-order valence-electron chi connectivity index (χ4n) is 1.57. The number of hydrogen-bond donors (Lipinski definition) is 1. The Balaban J connectivity index is 2.19. The summed E-state index contributed by atoms with van der Waals surface area (Å²) in [5.41, 5.74) is 0.638. The van der Waals surface area contributed by atoms with Crippen LogP contribution in [-0.2, 0) is 11.3 Å². The molecule has 94 valence electrons. The zero-order valence-corrected chi connectivity index (χ0v) is 9.93. The van der Waals surface area contributed by atoms with Crippen molar-refractivity contribution in [1.29, 1.82) is 0 Å². The molecule has 5 heteroatoms. The molecular formula is C12H16O5. The molecule has 1 N–H and O–H groups in total. The third kappa shape index (κ3) is 2.81. The molecule has 1 aliphatic rings. The van der Waals surface area contributed by atoms with Gasteiger partial charge in [-0.2, -0.15) is 0 Å². The van der Waals surface area contributed by atoms with Crippen molar-refractivity contribution < 1.29 is 24.1 Å². The highest BCUT2D eigenvalue weighted by Gasteiger charge is 2.23. The first-order chi connectivity index (χ1) is 8.28. The summed E-state index contributed by atoms with van der Waals surface area (Å²) in [6.45, 7) is 1.14. The molecule has 1 aromatic carbocycles. The van der Waals surface area contributed by atoms with Gasteiger partial charge in [0.05, 0.1) is 27.4 Å². The number of ether oxygens (including phenoxy) is 4. The Kier molecular flexibility index (Phi) is 3.71. The predicted octanol–water partition coefficient (Wildman–Crippen LogP) is 0.974. The van der Waals surface area contributed by atoms with Crippen molar-refractivity contribution >= 4 is 0 Å². The van der Waals surface area contributed by atoms with E-state index in [0.29, 0.717) is 29.4 Å². The van der Waals surface area contributed by atoms with Gasteiger partial charge in [-0.25, -0.2) is 0 Å². The van der Waals surface area contributed by atoms with Gasteiger partial charge in [0, 0.05) is 11.6 Å². The third-order valence-electron chi connectivity index (χ3n) is 2.54. The van der Waals surface area contributed by atoms with Crippen LogP contribution in [0, 0.1) is 0 Å². The van der Waals surface area contributed by atoms with E-state index in [2.05, 4.69) is 0 Å². The minimum atomic E-state index is -0.128. The standard InChI is InChI=1S/C12H16O5/c1-14-11-4-9(16-6-10-7-17-10)3-8(5-13)12(11)15-2/h3-4,10,13H,5-7H2,1-2H3. The van der Waals surface area contributed by atoms with Gasteiger partial charge in [0.15, 0.2) is 11.5 Å². The van der Waals surface area contributed by atoms with Crippen LogP contribution in [0.15, 0.2) is 12.1 Å². The Labute approximate surface area is 99.9 Å². The monoisotopic (exact) mass is 240 g/mol. The van der Waals surface area contributed by atoms with Crippen molar-refractivity contribution in [3.63, 3.8) is 0 Å². The summed E-state index contributed by atoms with van der Waals surface area (Å²) in [6, 6.07) is 3.48. The largest absolute Gasteiger partial charge is 0.493 e. The van der Waals surface area contributed by atoms with Crippen LogP contribution < -0.4 is 14.2 Å². The lowest BCUT2D eigenvalue weighted by Crippen LogP contribution is -2.05. The average molecular weight is 240 g/mol. The molecule has 0 saturated carbocycles. The van der Waals surface area contributed by atoms with Crippen LogP contribution in [0.5, 0.6) is 17.2 Å². The number of methoxy groups -OCH3 is 2. The van der Waals surface area contributed by atoms with Crippen LogP contribution in [-0.4, -0.2) is 38.6 Å². The van der Waals surface area contributed by atoms with Crippen molar-refractivity contribution in [1.82, 2.24) is 0 Å². The minimum absolute atomic E-state index is 0.128. The van der Waals surface area contributed by atoms with Gasteiger partial charge in [-0.15, -0.1) is 0 Å². The molecule has 1 fully saturated rings. The second-order valence-corrected chi connectivity index (χ2v) is 3.74. The average Bonchev–Trinajstić information content (AvgIpc) is 3.18. The lowest BCUT2D eigenvalue weighted by molar-refractivity contribution is 0.253. The number of epoxide rings is 1. The topological polar surface area (TPSA) is 60.5 Å². The first-order valence-corrected chi connectivity index (χ1v) is 5.38. The zero-order valence-electron chi connectivity index (χ0n) is 9.93. The molecule has 0 radical (unpaired) electrons. The second-order valence-electron chi connectivity index (χ2n) is 3.74. The first kappa shape index (κ1) is 12.0. The molecule has 1 aliphatic heterocycles. The highest BCUT2D eigenvalue weighted by Crippen LogP contribution is 2.35. The molecule has 5 nitrogen and oxygen atoms in total. The van der Waals surface area contributed by atoms with Crippen LogP contribution in [0.2, 0.25) is 0 Å². The van der Waals surface area contributed by atoms with Gasteiger partial charge < -0.3 is 24.1 Å². The van der Waals surface area contributed by atoms with Crippen LogP contribution >= 0.6 is 0 Å². The van der Waals surface area contributed by atoms with E-state index in [1.54, 1.807) is 19.2 Å². The van der Waals surface area contributed by atoms with Gasteiger partial charge in [-0.1, -0.05) is 0 Å².